The highest BCUT2D eigenvalue weighted by Gasteiger charge is 2.17. The van der Waals surface area contributed by atoms with Crippen molar-refractivity contribution in [3.8, 4) is 0 Å². The van der Waals surface area contributed by atoms with Crippen LogP contribution in [0.5, 0.6) is 0 Å². The summed E-state index contributed by atoms with van der Waals surface area (Å²) in [7, 11) is -3.71. The third-order valence-electron chi connectivity index (χ3n) is 2.83. The lowest BCUT2D eigenvalue weighted by Crippen LogP contribution is -2.28. The Morgan fingerprint density at radius 2 is 1.70 bits per heavy atom. The first-order valence-electron chi connectivity index (χ1n) is 6.16. The van der Waals surface area contributed by atoms with Crippen molar-refractivity contribution in [3.63, 3.8) is 0 Å². The molecule has 0 unspecified atom stereocenters. The van der Waals surface area contributed by atoms with E-state index < -0.39 is 19.9 Å². The molecule has 1 rings (SSSR count). The van der Waals surface area contributed by atoms with E-state index in [-0.39, 0.29) is 22.9 Å². The Balaban J connectivity index is 2.86. The standard InChI is InChI=1S/C12H20N2O4S2/c1-4-19(15,16)12-8-6-5-7-11(12)13-9-10-20(17,18)14(2)3/h5-8,13H,4,9-10H2,1-3H3. The molecule has 0 heterocycles. The molecule has 8 heteroatoms. The van der Waals surface area contributed by atoms with Gasteiger partial charge in [0.25, 0.3) is 0 Å². The Kier molecular flexibility index (Phi) is 5.55. The fourth-order valence-corrected chi connectivity index (χ4v) is 3.33. The quantitative estimate of drug-likeness (QED) is 0.803. The van der Waals surface area contributed by atoms with Gasteiger partial charge in [-0.05, 0) is 12.1 Å². The number of nitrogens with zero attached hydrogens (tertiary/aromatic N) is 1. The minimum absolute atomic E-state index is 0.00168. The van der Waals surface area contributed by atoms with Crippen molar-refractivity contribution in [1.29, 1.82) is 0 Å². The first kappa shape index (κ1) is 16.9. The lowest BCUT2D eigenvalue weighted by atomic mass is 10.3. The molecule has 0 radical (unpaired) electrons. The average molecular weight is 320 g/mol. The highest BCUT2D eigenvalue weighted by Crippen LogP contribution is 2.21. The smallest absolute Gasteiger partial charge is 0.215 e. The van der Waals surface area contributed by atoms with Gasteiger partial charge in [-0.2, -0.15) is 0 Å². The van der Waals surface area contributed by atoms with E-state index in [2.05, 4.69) is 5.32 Å². The van der Waals surface area contributed by atoms with Gasteiger partial charge in [0.1, 0.15) is 0 Å². The van der Waals surface area contributed by atoms with Crippen LogP contribution in [0, 0.1) is 0 Å². The van der Waals surface area contributed by atoms with Gasteiger partial charge in [0.15, 0.2) is 9.84 Å². The van der Waals surface area contributed by atoms with Crippen molar-refractivity contribution < 1.29 is 16.8 Å². The van der Waals surface area contributed by atoms with Gasteiger partial charge in [0.2, 0.25) is 10.0 Å². The zero-order valence-electron chi connectivity index (χ0n) is 11.8. The largest absolute Gasteiger partial charge is 0.383 e. The lowest BCUT2D eigenvalue weighted by molar-refractivity contribution is 0.521. The summed E-state index contributed by atoms with van der Waals surface area (Å²) < 4.78 is 48.2. The van der Waals surface area contributed by atoms with Crippen LogP contribution < -0.4 is 5.32 Å². The van der Waals surface area contributed by atoms with Crippen molar-refractivity contribution in [2.24, 2.45) is 0 Å². The SMILES string of the molecule is CCS(=O)(=O)c1ccccc1NCCS(=O)(=O)N(C)C. The summed E-state index contributed by atoms with van der Waals surface area (Å²) in [6.07, 6.45) is 0. The number of para-hydroxylation sites is 1. The molecule has 0 fully saturated rings. The predicted octanol–water partition coefficient (Wildman–Crippen LogP) is 0.784. The van der Waals surface area contributed by atoms with Gasteiger partial charge in [0, 0.05) is 20.6 Å². The number of sulfonamides is 1. The van der Waals surface area contributed by atoms with E-state index in [1.165, 1.54) is 20.2 Å². The van der Waals surface area contributed by atoms with Gasteiger partial charge in [-0.25, -0.2) is 21.1 Å². The van der Waals surface area contributed by atoms with Crippen LogP contribution in [0.1, 0.15) is 6.92 Å². The van der Waals surface area contributed by atoms with E-state index in [0.717, 1.165) is 4.31 Å². The van der Waals surface area contributed by atoms with Crippen molar-refractivity contribution in [1.82, 2.24) is 4.31 Å². The Bertz CT molecular complexity index is 652. The van der Waals surface area contributed by atoms with Gasteiger partial charge in [-0.15, -0.1) is 0 Å². The van der Waals surface area contributed by atoms with E-state index in [0.29, 0.717) is 5.69 Å². The Morgan fingerprint density at radius 1 is 1.10 bits per heavy atom. The molecule has 0 saturated heterocycles. The van der Waals surface area contributed by atoms with Crippen LogP contribution in [0.3, 0.4) is 0 Å². The fraction of sp³-hybridized carbons (Fsp3) is 0.500. The number of hydrogen-bond donors (Lipinski definition) is 1. The van der Waals surface area contributed by atoms with Gasteiger partial charge in [-0.1, -0.05) is 19.1 Å². The molecule has 0 atom stereocenters. The number of rotatable bonds is 7. The third-order valence-corrected chi connectivity index (χ3v) is 6.45. The molecular weight excluding hydrogens is 300 g/mol. The second-order valence-electron chi connectivity index (χ2n) is 4.42. The minimum Gasteiger partial charge on any atom is -0.383 e. The predicted molar refractivity (Wildman–Crippen MR) is 80.1 cm³/mol. The molecule has 1 N–H and O–H groups in total. The maximum Gasteiger partial charge on any atom is 0.215 e. The van der Waals surface area contributed by atoms with Crippen molar-refractivity contribution >= 4 is 25.5 Å². The van der Waals surface area contributed by atoms with Crippen molar-refractivity contribution in [2.45, 2.75) is 11.8 Å². The summed E-state index contributed by atoms with van der Waals surface area (Å²) in [4.78, 5) is 0.199. The molecular formula is C12H20N2O4S2. The van der Waals surface area contributed by atoms with Crippen molar-refractivity contribution in [3.05, 3.63) is 24.3 Å². The van der Waals surface area contributed by atoms with E-state index >= 15 is 0 Å². The highest BCUT2D eigenvalue weighted by molar-refractivity contribution is 7.91. The van der Waals surface area contributed by atoms with Gasteiger partial charge in [-0.3, -0.25) is 0 Å². The Labute approximate surface area is 120 Å². The number of nitrogens with one attached hydrogen (secondary N) is 1. The molecule has 0 saturated carbocycles. The molecule has 1 aromatic rings. The first-order valence-corrected chi connectivity index (χ1v) is 9.42. The lowest BCUT2D eigenvalue weighted by Gasteiger charge is -2.14. The van der Waals surface area contributed by atoms with Crippen LogP contribution in [0.2, 0.25) is 0 Å². The molecule has 0 spiro atoms. The van der Waals surface area contributed by atoms with Gasteiger partial charge < -0.3 is 5.32 Å². The van der Waals surface area contributed by atoms with Gasteiger partial charge in [0.05, 0.1) is 22.1 Å². The van der Waals surface area contributed by atoms with Crippen LogP contribution in [0.25, 0.3) is 0 Å². The second kappa shape index (κ2) is 6.55. The Hall–Kier alpha value is -1.12. The number of anilines is 1. The summed E-state index contributed by atoms with van der Waals surface area (Å²) in [6.45, 7) is 1.72. The molecule has 114 valence electrons. The molecule has 0 aliphatic heterocycles. The normalized spacial score (nSPS) is 12.6. The summed E-state index contributed by atoms with van der Waals surface area (Å²) in [5.41, 5.74) is 0.434. The molecule has 0 amide bonds. The van der Waals surface area contributed by atoms with Crippen LogP contribution >= 0.6 is 0 Å². The fourth-order valence-electron chi connectivity index (χ4n) is 1.54. The second-order valence-corrected chi connectivity index (χ2v) is 8.97. The molecule has 20 heavy (non-hydrogen) atoms. The summed E-state index contributed by atoms with van der Waals surface area (Å²) in [6, 6.07) is 6.49. The minimum atomic E-state index is -3.33. The first-order chi connectivity index (χ1) is 9.20. The molecule has 0 aliphatic rings. The molecule has 0 aromatic heterocycles. The monoisotopic (exact) mass is 320 g/mol. The van der Waals surface area contributed by atoms with E-state index in [9.17, 15) is 16.8 Å². The number of benzene rings is 1. The highest BCUT2D eigenvalue weighted by atomic mass is 32.2. The topological polar surface area (TPSA) is 83.5 Å². The summed E-state index contributed by atoms with van der Waals surface area (Å²) in [5, 5.41) is 2.88. The van der Waals surface area contributed by atoms with Crippen molar-refractivity contribution in [2.75, 3.05) is 37.5 Å². The number of hydrogen-bond acceptors (Lipinski definition) is 5. The van der Waals surface area contributed by atoms with E-state index in [4.69, 9.17) is 0 Å². The maximum absolute atomic E-state index is 11.9. The summed E-state index contributed by atoms with van der Waals surface area (Å²) in [5.74, 6) is -0.0950. The summed E-state index contributed by atoms with van der Waals surface area (Å²) >= 11 is 0. The Morgan fingerprint density at radius 3 is 2.25 bits per heavy atom. The zero-order chi connectivity index (χ0) is 15.4. The molecule has 6 nitrogen and oxygen atoms in total. The number of sulfone groups is 1. The third kappa shape index (κ3) is 4.19. The molecule has 0 bridgehead atoms. The molecule has 0 aliphatic carbocycles. The van der Waals surface area contributed by atoms with Crippen LogP contribution in [-0.4, -0.2) is 53.3 Å². The zero-order valence-corrected chi connectivity index (χ0v) is 13.5. The van der Waals surface area contributed by atoms with Gasteiger partial charge >= 0.3 is 0 Å². The average Bonchev–Trinajstić information content (AvgIpc) is 2.38. The van der Waals surface area contributed by atoms with E-state index in [1.54, 1.807) is 25.1 Å². The van der Waals surface area contributed by atoms with Crippen LogP contribution in [0.15, 0.2) is 29.2 Å². The molecule has 1 aromatic carbocycles. The van der Waals surface area contributed by atoms with Crippen LogP contribution in [0.4, 0.5) is 5.69 Å². The maximum atomic E-state index is 11.9. The van der Waals surface area contributed by atoms with E-state index in [1.807, 2.05) is 0 Å². The van der Waals surface area contributed by atoms with Crippen LogP contribution in [-0.2, 0) is 19.9 Å².